The first kappa shape index (κ1) is 14.1. The van der Waals surface area contributed by atoms with Crippen LogP contribution in [0.3, 0.4) is 0 Å². The minimum Gasteiger partial charge on any atom is -0.364 e. The van der Waals surface area contributed by atoms with Gasteiger partial charge in [-0.2, -0.15) is 0 Å². The number of hydrogen-bond acceptors (Lipinski definition) is 2. The summed E-state index contributed by atoms with van der Waals surface area (Å²) in [5, 5.41) is 0. The van der Waals surface area contributed by atoms with E-state index in [1.54, 1.807) is 6.07 Å². The van der Waals surface area contributed by atoms with Gasteiger partial charge in [0.2, 0.25) is 0 Å². The number of anilines is 1. The Morgan fingerprint density at radius 1 is 1.24 bits per heavy atom. The first-order chi connectivity index (χ1) is 10.2. The predicted molar refractivity (Wildman–Crippen MR) is 84.7 cm³/mol. The lowest BCUT2D eigenvalue weighted by Gasteiger charge is -2.37. The summed E-state index contributed by atoms with van der Waals surface area (Å²) >= 11 is 0. The van der Waals surface area contributed by atoms with Crippen LogP contribution < -0.4 is 10.6 Å². The van der Waals surface area contributed by atoms with Crippen molar-refractivity contribution in [2.45, 2.75) is 38.9 Å². The second kappa shape index (κ2) is 5.86. The van der Waals surface area contributed by atoms with Crippen molar-refractivity contribution in [1.82, 2.24) is 0 Å². The maximum atomic E-state index is 14.2. The molecule has 0 bridgehead atoms. The highest BCUT2D eigenvalue weighted by Gasteiger charge is 2.23. The van der Waals surface area contributed by atoms with E-state index in [4.69, 9.17) is 5.73 Å². The summed E-state index contributed by atoms with van der Waals surface area (Å²) < 4.78 is 14.2. The maximum Gasteiger partial charge on any atom is 0.128 e. The molecule has 1 unspecified atom stereocenters. The van der Waals surface area contributed by atoms with Crippen LogP contribution in [0.5, 0.6) is 0 Å². The van der Waals surface area contributed by atoms with Gasteiger partial charge in [-0.05, 0) is 43.0 Å². The van der Waals surface area contributed by atoms with E-state index < -0.39 is 0 Å². The van der Waals surface area contributed by atoms with Crippen molar-refractivity contribution in [2.75, 3.05) is 4.90 Å². The quantitative estimate of drug-likeness (QED) is 0.932. The fraction of sp³-hybridized carbons (Fsp3) is 0.333. The zero-order chi connectivity index (χ0) is 14.8. The van der Waals surface area contributed by atoms with E-state index in [1.165, 1.54) is 11.3 Å². The molecule has 0 aliphatic carbocycles. The molecule has 0 aromatic heterocycles. The Kier molecular flexibility index (Phi) is 3.93. The second-order valence-electron chi connectivity index (χ2n) is 5.77. The Hall–Kier alpha value is -1.87. The van der Waals surface area contributed by atoms with Gasteiger partial charge >= 0.3 is 0 Å². The Morgan fingerprint density at radius 3 is 2.81 bits per heavy atom. The molecule has 0 saturated heterocycles. The van der Waals surface area contributed by atoms with Gasteiger partial charge in [-0.1, -0.05) is 30.3 Å². The maximum absolute atomic E-state index is 14.2. The molecule has 110 valence electrons. The highest BCUT2D eigenvalue weighted by molar-refractivity contribution is 5.56. The normalized spacial score (nSPS) is 17.7. The SMILES string of the molecule is CC1CCc2ccccc2N1Cc1ccc(CN)cc1F. The Morgan fingerprint density at radius 2 is 2.05 bits per heavy atom. The fourth-order valence-corrected chi connectivity index (χ4v) is 3.03. The van der Waals surface area contributed by atoms with Crippen LogP contribution in [-0.2, 0) is 19.5 Å². The third-order valence-corrected chi connectivity index (χ3v) is 4.36. The Labute approximate surface area is 125 Å². The van der Waals surface area contributed by atoms with Gasteiger partial charge in [-0.25, -0.2) is 4.39 Å². The van der Waals surface area contributed by atoms with Crippen molar-refractivity contribution in [3.05, 3.63) is 65.0 Å². The molecule has 0 amide bonds. The smallest absolute Gasteiger partial charge is 0.128 e. The van der Waals surface area contributed by atoms with E-state index in [0.717, 1.165) is 24.0 Å². The predicted octanol–water partition coefficient (Wildman–Crippen LogP) is 3.63. The summed E-state index contributed by atoms with van der Waals surface area (Å²) in [6, 6.07) is 14.2. The molecular formula is C18H21FN2. The summed E-state index contributed by atoms with van der Waals surface area (Å²) in [5.41, 5.74) is 9.72. The first-order valence-electron chi connectivity index (χ1n) is 7.51. The van der Waals surface area contributed by atoms with Crippen molar-refractivity contribution in [3.8, 4) is 0 Å². The minimum atomic E-state index is -0.159. The summed E-state index contributed by atoms with van der Waals surface area (Å²) in [7, 11) is 0. The minimum absolute atomic E-state index is 0.159. The molecule has 2 N–H and O–H groups in total. The van der Waals surface area contributed by atoms with Crippen LogP contribution in [-0.4, -0.2) is 6.04 Å². The number of nitrogens with zero attached hydrogens (tertiary/aromatic N) is 1. The molecular weight excluding hydrogens is 263 g/mol. The molecule has 1 atom stereocenters. The largest absolute Gasteiger partial charge is 0.364 e. The van der Waals surface area contributed by atoms with Crippen molar-refractivity contribution >= 4 is 5.69 Å². The molecule has 2 aromatic carbocycles. The van der Waals surface area contributed by atoms with E-state index >= 15 is 0 Å². The highest BCUT2D eigenvalue weighted by atomic mass is 19.1. The van der Waals surface area contributed by atoms with Crippen LogP contribution in [0, 0.1) is 5.82 Å². The molecule has 0 spiro atoms. The number of fused-ring (bicyclic) bond motifs is 1. The summed E-state index contributed by atoms with van der Waals surface area (Å²) in [5.74, 6) is -0.159. The number of aryl methyl sites for hydroxylation is 1. The molecule has 21 heavy (non-hydrogen) atoms. The van der Waals surface area contributed by atoms with Crippen molar-refractivity contribution in [2.24, 2.45) is 5.73 Å². The molecule has 3 heteroatoms. The van der Waals surface area contributed by atoms with Gasteiger partial charge in [0.15, 0.2) is 0 Å². The van der Waals surface area contributed by atoms with Crippen LogP contribution in [0.4, 0.5) is 10.1 Å². The third kappa shape index (κ3) is 2.79. The lowest BCUT2D eigenvalue weighted by atomic mass is 9.96. The van der Waals surface area contributed by atoms with Gasteiger partial charge in [-0.3, -0.25) is 0 Å². The second-order valence-corrected chi connectivity index (χ2v) is 5.77. The standard InChI is InChI=1S/C18H21FN2/c1-13-6-8-15-4-2-3-5-18(15)21(13)12-16-9-7-14(11-20)10-17(16)19/h2-5,7,9-10,13H,6,8,11-12,20H2,1H3. The number of halogens is 1. The molecule has 1 heterocycles. The number of benzene rings is 2. The van der Waals surface area contributed by atoms with Crippen LogP contribution in [0.15, 0.2) is 42.5 Å². The number of hydrogen-bond donors (Lipinski definition) is 1. The lowest BCUT2D eigenvalue weighted by molar-refractivity contribution is 0.543. The van der Waals surface area contributed by atoms with Gasteiger partial charge < -0.3 is 10.6 Å². The number of para-hydroxylation sites is 1. The van der Waals surface area contributed by atoms with E-state index in [1.807, 2.05) is 12.1 Å². The average molecular weight is 284 g/mol. The molecule has 0 fully saturated rings. The number of rotatable bonds is 3. The molecule has 3 rings (SSSR count). The van der Waals surface area contributed by atoms with Crippen molar-refractivity contribution in [1.29, 1.82) is 0 Å². The Bertz CT molecular complexity index is 639. The van der Waals surface area contributed by atoms with Gasteiger partial charge in [0.1, 0.15) is 5.82 Å². The summed E-state index contributed by atoms with van der Waals surface area (Å²) in [6.07, 6.45) is 2.21. The number of nitrogens with two attached hydrogens (primary N) is 1. The summed E-state index contributed by atoms with van der Waals surface area (Å²) in [6.45, 7) is 3.19. The zero-order valence-corrected chi connectivity index (χ0v) is 12.3. The van der Waals surface area contributed by atoms with E-state index in [-0.39, 0.29) is 5.82 Å². The van der Waals surface area contributed by atoms with Crippen LogP contribution in [0.2, 0.25) is 0 Å². The van der Waals surface area contributed by atoms with Crippen molar-refractivity contribution in [3.63, 3.8) is 0 Å². The Balaban J connectivity index is 1.90. The lowest BCUT2D eigenvalue weighted by Crippen LogP contribution is -2.36. The molecule has 1 aliphatic rings. The van der Waals surface area contributed by atoms with Crippen LogP contribution in [0.1, 0.15) is 30.0 Å². The van der Waals surface area contributed by atoms with Gasteiger partial charge in [0.05, 0.1) is 0 Å². The van der Waals surface area contributed by atoms with Gasteiger partial charge in [-0.15, -0.1) is 0 Å². The molecule has 2 aromatic rings. The van der Waals surface area contributed by atoms with E-state index in [2.05, 4.69) is 36.1 Å². The van der Waals surface area contributed by atoms with Crippen molar-refractivity contribution < 1.29 is 4.39 Å². The molecule has 2 nitrogen and oxygen atoms in total. The van der Waals surface area contributed by atoms with E-state index in [9.17, 15) is 4.39 Å². The average Bonchev–Trinajstić information content (AvgIpc) is 2.51. The molecule has 0 radical (unpaired) electrons. The monoisotopic (exact) mass is 284 g/mol. The van der Waals surface area contributed by atoms with E-state index in [0.29, 0.717) is 19.1 Å². The molecule has 1 aliphatic heterocycles. The van der Waals surface area contributed by atoms with Gasteiger partial charge in [0, 0.05) is 30.4 Å². The summed E-state index contributed by atoms with van der Waals surface area (Å²) in [4.78, 5) is 2.30. The van der Waals surface area contributed by atoms with Crippen LogP contribution >= 0.6 is 0 Å². The molecule has 0 saturated carbocycles. The van der Waals surface area contributed by atoms with Crippen LogP contribution in [0.25, 0.3) is 0 Å². The van der Waals surface area contributed by atoms with Gasteiger partial charge in [0.25, 0.3) is 0 Å². The topological polar surface area (TPSA) is 29.3 Å². The third-order valence-electron chi connectivity index (χ3n) is 4.36. The highest BCUT2D eigenvalue weighted by Crippen LogP contribution is 2.32. The first-order valence-corrected chi connectivity index (χ1v) is 7.51. The fourth-order valence-electron chi connectivity index (χ4n) is 3.03. The zero-order valence-electron chi connectivity index (χ0n) is 12.3.